The number of phenols is 1. The summed E-state index contributed by atoms with van der Waals surface area (Å²) < 4.78 is 37.1. The van der Waals surface area contributed by atoms with Crippen LogP contribution in [0.25, 0.3) is 0 Å². The SMILES string of the molecule is CCOP(=O)(OCC)C(Cc1ccc(OCc2ccccc2)cc1)NC(=O)[C@H](Cc1ccc(O)cc1Cc1ccccc1)NC(=O)OC(C)(C)C. The maximum absolute atomic E-state index is 14.2. The van der Waals surface area contributed by atoms with Crippen molar-refractivity contribution < 1.29 is 37.8 Å². The molecule has 0 fully saturated rings. The second-order valence-electron chi connectivity index (χ2n) is 13.0. The normalized spacial score (nSPS) is 12.8. The molecule has 2 amide bonds. The summed E-state index contributed by atoms with van der Waals surface area (Å²) in [5.74, 6) is -0.959. The number of phenolic OH excluding ortho intramolecular Hbond substituents is 1. The molecule has 0 bridgehead atoms. The Bertz CT molecular complexity index is 1730. The summed E-state index contributed by atoms with van der Waals surface area (Å²) in [5.41, 5.74) is 3.50. The van der Waals surface area contributed by atoms with E-state index in [0.29, 0.717) is 18.8 Å². The highest BCUT2D eigenvalue weighted by Gasteiger charge is 2.39. The molecule has 4 aromatic carbocycles. The second kappa shape index (κ2) is 18.6. The van der Waals surface area contributed by atoms with E-state index >= 15 is 0 Å². The van der Waals surface area contributed by atoms with E-state index in [-0.39, 0.29) is 31.8 Å². The number of benzene rings is 4. The molecule has 51 heavy (non-hydrogen) atoms. The van der Waals surface area contributed by atoms with Crippen LogP contribution in [-0.4, -0.2) is 47.7 Å². The van der Waals surface area contributed by atoms with Gasteiger partial charge in [0.2, 0.25) is 5.91 Å². The molecule has 0 aromatic heterocycles. The molecule has 0 aliphatic carbocycles. The number of carbonyl (C=O) groups is 2. The van der Waals surface area contributed by atoms with Crippen LogP contribution in [0.15, 0.2) is 103 Å². The number of ether oxygens (including phenoxy) is 2. The topological polar surface area (TPSA) is 132 Å². The lowest BCUT2D eigenvalue weighted by Gasteiger charge is -2.29. The molecule has 0 saturated heterocycles. The first kappa shape index (κ1) is 39.2. The first-order chi connectivity index (χ1) is 24.4. The van der Waals surface area contributed by atoms with Gasteiger partial charge in [0.05, 0.1) is 13.2 Å². The maximum Gasteiger partial charge on any atom is 0.408 e. The average Bonchev–Trinajstić information content (AvgIpc) is 3.08. The van der Waals surface area contributed by atoms with Gasteiger partial charge >= 0.3 is 13.7 Å². The Morgan fingerprint density at radius 2 is 1.35 bits per heavy atom. The van der Waals surface area contributed by atoms with Gasteiger partial charge in [-0.05, 0) is 93.1 Å². The maximum atomic E-state index is 14.2. The lowest BCUT2D eigenvalue weighted by Crippen LogP contribution is -2.52. The Balaban J connectivity index is 1.61. The first-order valence-corrected chi connectivity index (χ1v) is 18.8. The fraction of sp³-hybridized carbons (Fsp3) is 0.350. The van der Waals surface area contributed by atoms with Crippen LogP contribution in [0.4, 0.5) is 4.79 Å². The Kier molecular flexibility index (Phi) is 14.3. The van der Waals surface area contributed by atoms with Crippen molar-refractivity contribution in [2.45, 2.75) is 77.9 Å². The van der Waals surface area contributed by atoms with Crippen molar-refractivity contribution in [3.05, 3.63) is 131 Å². The van der Waals surface area contributed by atoms with Gasteiger partial charge in [-0.15, -0.1) is 0 Å². The summed E-state index contributed by atoms with van der Waals surface area (Å²) in [4.78, 5) is 27.3. The van der Waals surface area contributed by atoms with Crippen LogP contribution in [-0.2, 0) is 49.0 Å². The van der Waals surface area contributed by atoms with Crippen LogP contribution < -0.4 is 15.4 Å². The van der Waals surface area contributed by atoms with Crippen LogP contribution in [0.5, 0.6) is 11.5 Å². The van der Waals surface area contributed by atoms with Gasteiger partial charge in [-0.2, -0.15) is 0 Å². The number of amides is 2. The molecule has 10 nitrogen and oxygen atoms in total. The number of aromatic hydroxyl groups is 1. The summed E-state index contributed by atoms with van der Waals surface area (Å²) >= 11 is 0. The van der Waals surface area contributed by atoms with Gasteiger partial charge in [-0.1, -0.05) is 78.9 Å². The first-order valence-electron chi connectivity index (χ1n) is 17.2. The van der Waals surface area contributed by atoms with Gasteiger partial charge in [0.15, 0.2) is 0 Å². The van der Waals surface area contributed by atoms with Crippen LogP contribution in [0, 0.1) is 0 Å². The summed E-state index contributed by atoms with van der Waals surface area (Å²) in [5, 5.41) is 16.0. The molecule has 0 aliphatic rings. The minimum absolute atomic E-state index is 0.0568. The second-order valence-corrected chi connectivity index (χ2v) is 15.3. The Morgan fingerprint density at radius 3 is 1.94 bits per heavy atom. The van der Waals surface area contributed by atoms with Crippen molar-refractivity contribution in [3.63, 3.8) is 0 Å². The lowest BCUT2D eigenvalue weighted by molar-refractivity contribution is -0.123. The van der Waals surface area contributed by atoms with E-state index in [9.17, 15) is 19.3 Å². The van der Waals surface area contributed by atoms with Crippen LogP contribution in [0.2, 0.25) is 0 Å². The number of alkyl carbamates (subject to hydrolysis) is 1. The molecule has 0 saturated carbocycles. The smallest absolute Gasteiger partial charge is 0.408 e. The third kappa shape index (κ3) is 12.6. The van der Waals surface area contributed by atoms with E-state index < -0.39 is 37.0 Å². The van der Waals surface area contributed by atoms with Crippen molar-refractivity contribution in [1.82, 2.24) is 10.6 Å². The van der Waals surface area contributed by atoms with Gasteiger partial charge in [0.1, 0.15) is 35.5 Å². The summed E-state index contributed by atoms with van der Waals surface area (Å²) in [7, 11) is -3.91. The van der Waals surface area contributed by atoms with Gasteiger partial charge in [-0.25, -0.2) is 4.79 Å². The highest BCUT2D eigenvalue weighted by molar-refractivity contribution is 7.54. The zero-order chi connectivity index (χ0) is 36.9. The van der Waals surface area contributed by atoms with E-state index in [1.807, 2.05) is 84.9 Å². The fourth-order valence-corrected chi connectivity index (χ4v) is 7.31. The number of rotatable bonds is 17. The van der Waals surface area contributed by atoms with Crippen LogP contribution in [0.3, 0.4) is 0 Å². The zero-order valence-electron chi connectivity index (χ0n) is 30.0. The lowest BCUT2D eigenvalue weighted by atomic mass is 9.94. The van der Waals surface area contributed by atoms with Gasteiger partial charge in [0, 0.05) is 12.8 Å². The molecule has 1 unspecified atom stereocenters. The number of carbonyl (C=O) groups excluding carboxylic acids is 2. The van der Waals surface area contributed by atoms with Crippen LogP contribution in [0.1, 0.15) is 62.4 Å². The van der Waals surface area contributed by atoms with Crippen molar-refractivity contribution in [3.8, 4) is 11.5 Å². The minimum Gasteiger partial charge on any atom is -0.508 e. The average molecular weight is 717 g/mol. The molecule has 272 valence electrons. The number of hydrogen-bond acceptors (Lipinski definition) is 8. The van der Waals surface area contributed by atoms with Crippen molar-refractivity contribution in [1.29, 1.82) is 0 Å². The highest BCUT2D eigenvalue weighted by atomic mass is 31.2. The van der Waals surface area contributed by atoms with Gasteiger partial charge in [-0.3, -0.25) is 9.36 Å². The minimum atomic E-state index is -3.91. The third-order valence-electron chi connectivity index (χ3n) is 7.77. The summed E-state index contributed by atoms with van der Waals surface area (Å²) in [6.45, 7) is 9.18. The monoisotopic (exact) mass is 716 g/mol. The van der Waals surface area contributed by atoms with Crippen LogP contribution >= 0.6 is 7.60 Å². The predicted molar refractivity (Wildman–Crippen MR) is 198 cm³/mol. The van der Waals surface area contributed by atoms with E-state index in [0.717, 1.165) is 27.8 Å². The Morgan fingerprint density at radius 1 is 0.745 bits per heavy atom. The largest absolute Gasteiger partial charge is 0.508 e. The number of hydrogen-bond donors (Lipinski definition) is 3. The fourth-order valence-electron chi connectivity index (χ4n) is 5.44. The third-order valence-corrected chi connectivity index (χ3v) is 10.1. The molecule has 4 aromatic rings. The van der Waals surface area contributed by atoms with Gasteiger partial charge in [0.25, 0.3) is 0 Å². The molecule has 4 rings (SSSR count). The molecular weight excluding hydrogens is 667 g/mol. The molecular formula is C40H49N2O8P. The summed E-state index contributed by atoms with van der Waals surface area (Å²) in [6.07, 6.45) is -0.129. The van der Waals surface area contributed by atoms with Crippen molar-refractivity contribution >= 4 is 19.6 Å². The molecule has 3 N–H and O–H groups in total. The highest BCUT2D eigenvalue weighted by Crippen LogP contribution is 2.53. The summed E-state index contributed by atoms with van der Waals surface area (Å²) in [6, 6.07) is 30.6. The standard InChI is InChI=1S/C40H49N2O8P/c1-6-48-51(46,49-7-2)37(25-30-18-22-35(23-19-30)47-28-31-16-12-9-13-17-31)42-38(44)36(41-39(45)50-40(3,4)5)27-32-20-21-34(43)26-33(32)24-29-14-10-8-11-15-29/h8-23,26,36-37,43H,6-7,24-25,27-28H2,1-5H3,(H,41,45)(H,42,44)/t36-,37?/m0/s1. The molecule has 0 heterocycles. The molecule has 0 spiro atoms. The zero-order valence-corrected chi connectivity index (χ0v) is 30.9. The van der Waals surface area contributed by atoms with E-state index in [1.165, 1.54) is 0 Å². The quantitative estimate of drug-likeness (QED) is 0.0939. The van der Waals surface area contributed by atoms with Crippen molar-refractivity contribution in [2.75, 3.05) is 13.2 Å². The molecule has 2 atom stereocenters. The predicted octanol–water partition coefficient (Wildman–Crippen LogP) is 7.95. The number of nitrogens with one attached hydrogen (secondary N) is 2. The van der Waals surface area contributed by atoms with E-state index in [2.05, 4.69) is 10.6 Å². The molecule has 0 radical (unpaired) electrons. The van der Waals surface area contributed by atoms with E-state index in [4.69, 9.17) is 18.5 Å². The van der Waals surface area contributed by atoms with Crippen molar-refractivity contribution in [2.24, 2.45) is 0 Å². The Hall–Kier alpha value is -4.63. The van der Waals surface area contributed by atoms with Gasteiger partial charge < -0.3 is 34.3 Å². The molecule has 11 heteroatoms. The van der Waals surface area contributed by atoms with E-state index in [1.54, 1.807) is 52.8 Å². The Labute approximate surface area is 301 Å². The molecule has 0 aliphatic heterocycles.